The van der Waals surface area contributed by atoms with Gasteiger partial charge in [-0.25, -0.2) is 0 Å². The molecule has 1 fully saturated rings. The first-order chi connectivity index (χ1) is 8.76. The van der Waals surface area contributed by atoms with Crippen LogP contribution in [0, 0.1) is 5.92 Å². The van der Waals surface area contributed by atoms with Gasteiger partial charge in [0.05, 0.1) is 18.1 Å². The Labute approximate surface area is 113 Å². The zero-order valence-corrected chi connectivity index (χ0v) is 11.8. The summed E-state index contributed by atoms with van der Waals surface area (Å²) < 4.78 is 41.9. The van der Waals surface area contributed by atoms with E-state index in [2.05, 4.69) is 0 Å². The van der Waals surface area contributed by atoms with Gasteiger partial charge in [0.15, 0.2) is 5.79 Å². The molecule has 0 saturated carbocycles. The fourth-order valence-corrected chi connectivity index (χ4v) is 2.46. The molecule has 1 aliphatic rings. The smallest absolute Gasteiger partial charge is 0.294 e. The second-order valence-electron chi connectivity index (χ2n) is 5.21. The molecule has 6 heteroatoms. The van der Waals surface area contributed by atoms with Gasteiger partial charge in [0, 0.05) is 5.92 Å². The zero-order valence-electron chi connectivity index (χ0n) is 11.0. The SMILES string of the molecule is CC1(C)OCC(Cc2ccc(S(=O)(=O)O)cc2)CO1. The molecule has 0 amide bonds. The van der Waals surface area contributed by atoms with Crippen molar-refractivity contribution in [3.8, 4) is 0 Å². The summed E-state index contributed by atoms with van der Waals surface area (Å²) in [5.41, 5.74) is 0.990. The maximum absolute atomic E-state index is 10.9. The number of ether oxygens (including phenoxy) is 2. The van der Waals surface area contributed by atoms with Crippen molar-refractivity contribution < 1.29 is 22.4 Å². The first-order valence-corrected chi connectivity index (χ1v) is 7.55. The van der Waals surface area contributed by atoms with Crippen LogP contribution >= 0.6 is 0 Å². The van der Waals surface area contributed by atoms with Crippen molar-refractivity contribution in [2.45, 2.75) is 31.0 Å². The molecule has 0 spiro atoms. The average molecular weight is 286 g/mol. The third kappa shape index (κ3) is 4.01. The van der Waals surface area contributed by atoms with Gasteiger partial charge in [0.1, 0.15) is 0 Å². The van der Waals surface area contributed by atoms with Gasteiger partial charge in [-0.15, -0.1) is 0 Å². The van der Waals surface area contributed by atoms with Crippen molar-refractivity contribution >= 4 is 10.1 Å². The molecule has 0 atom stereocenters. The molecule has 0 unspecified atom stereocenters. The van der Waals surface area contributed by atoms with Crippen LogP contribution in [0.15, 0.2) is 29.2 Å². The van der Waals surface area contributed by atoms with Gasteiger partial charge >= 0.3 is 0 Å². The highest BCUT2D eigenvalue weighted by Gasteiger charge is 2.28. The number of benzene rings is 1. The topological polar surface area (TPSA) is 72.8 Å². The summed E-state index contributed by atoms with van der Waals surface area (Å²) in [6.45, 7) is 4.99. The van der Waals surface area contributed by atoms with Crippen LogP contribution in [0.25, 0.3) is 0 Å². The van der Waals surface area contributed by atoms with Crippen LogP contribution in [0.1, 0.15) is 19.4 Å². The van der Waals surface area contributed by atoms with Crippen molar-refractivity contribution in [1.29, 1.82) is 0 Å². The molecule has 1 N–H and O–H groups in total. The molecule has 1 aliphatic heterocycles. The second-order valence-corrected chi connectivity index (χ2v) is 6.63. The minimum absolute atomic E-state index is 0.0893. The van der Waals surface area contributed by atoms with Gasteiger partial charge < -0.3 is 9.47 Å². The van der Waals surface area contributed by atoms with Gasteiger partial charge in [0.2, 0.25) is 0 Å². The van der Waals surface area contributed by atoms with E-state index >= 15 is 0 Å². The van der Waals surface area contributed by atoms with E-state index in [1.165, 1.54) is 12.1 Å². The fourth-order valence-electron chi connectivity index (χ4n) is 1.98. The Hall–Kier alpha value is -0.950. The second kappa shape index (κ2) is 5.20. The van der Waals surface area contributed by atoms with Crippen LogP contribution in [0.2, 0.25) is 0 Å². The molecule has 106 valence electrons. The lowest BCUT2D eigenvalue weighted by Crippen LogP contribution is -2.39. The van der Waals surface area contributed by atoms with E-state index in [-0.39, 0.29) is 10.8 Å². The molecule has 5 nitrogen and oxygen atoms in total. The van der Waals surface area contributed by atoms with Crippen LogP contribution in [0.5, 0.6) is 0 Å². The van der Waals surface area contributed by atoms with Crippen LogP contribution in [-0.2, 0) is 26.0 Å². The summed E-state index contributed by atoms with van der Waals surface area (Å²) in [5.74, 6) is -0.268. The van der Waals surface area contributed by atoms with Crippen LogP contribution < -0.4 is 0 Å². The lowest BCUT2D eigenvalue weighted by molar-refractivity contribution is -0.261. The van der Waals surface area contributed by atoms with Gasteiger partial charge in [-0.1, -0.05) is 12.1 Å². The van der Waals surface area contributed by atoms with Crippen molar-refractivity contribution in [3.05, 3.63) is 29.8 Å². The van der Waals surface area contributed by atoms with Crippen LogP contribution in [0.4, 0.5) is 0 Å². The standard InChI is InChI=1S/C13H18O5S/c1-13(2)17-8-11(9-18-13)7-10-3-5-12(6-4-10)19(14,15)16/h3-6,11H,7-9H2,1-2H3,(H,14,15,16). The molecule has 2 rings (SSSR count). The molecular formula is C13H18O5S. The van der Waals surface area contributed by atoms with Gasteiger partial charge in [-0.3, -0.25) is 4.55 Å². The quantitative estimate of drug-likeness (QED) is 0.859. The van der Waals surface area contributed by atoms with Crippen LogP contribution in [0.3, 0.4) is 0 Å². The Bertz CT molecular complexity index is 523. The zero-order chi connectivity index (χ0) is 14.1. The summed E-state index contributed by atoms with van der Waals surface area (Å²) in [6, 6.07) is 6.20. The monoisotopic (exact) mass is 286 g/mol. The molecule has 0 bridgehead atoms. The third-order valence-corrected chi connectivity index (χ3v) is 3.95. The van der Waals surface area contributed by atoms with E-state index < -0.39 is 15.9 Å². The molecule has 0 aromatic heterocycles. The Balaban J connectivity index is 1.97. The molecule has 0 radical (unpaired) electrons. The Morgan fingerprint density at radius 3 is 2.21 bits per heavy atom. The highest BCUT2D eigenvalue weighted by Crippen LogP contribution is 2.23. The molecule has 0 aliphatic carbocycles. The predicted octanol–water partition coefficient (Wildman–Crippen LogP) is 1.87. The molecule has 1 heterocycles. The predicted molar refractivity (Wildman–Crippen MR) is 69.4 cm³/mol. The number of hydrogen-bond acceptors (Lipinski definition) is 4. The minimum atomic E-state index is -4.12. The van der Waals surface area contributed by atoms with Gasteiger partial charge in [-0.2, -0.15) is 8.42 Å². The molecule has 1 saturated heterocycles. The number of rotatable bonds is 3. The summed E-state index contributed by atoms with van der Waals surface area (Å²) in [7, 11) is -4.12. The Morgan fingerprint density at radius 2 is 1.74 bits per heavy atom. The lowest BCUT2D eigenvalue weighted by atomic mass is 10.00. The molecule has 1 aromatic carbocycles. The largest absolute Gasteiger partial charge is 0.350 e. The highest BCUT2D eigenvalue weighted by molar-refractivity contribution is 7.85. The van der Waals surface area contributed by atoms with Crippen LogP contribution in [-0.4, -0.2) is 32.0 Å². The minimum Gasteiger partial charge on any atom is -0.350 e. The first kappa shape index (κ1) is 14.5. The van der Waals surface area contributed by atoms with E-state index in [4.69, 9.17) is 14.0 Å². The molecule has 1 aromatic rings. The normalized spacial score (nSPS) is 20.4. The van der Waals surface area contributed by atoms with Crippen molar-refractivity contribution in [3.63, 3.8) is 0 Å². The average Bonchev–Trinajstić information content (AvgIpc) is 2.31. The Kier molecular flexibility index (Phi) is 3.96. The van der Waals surface area contributed by atoms with Crippen molar-refractivity contribution in [2.75, 3.05) is 13.2 Å². The van der Waals surface area contributed by atoms with E-state index in [1.54, 1.807) is 12.1 Å². The first-order valence-electron chi connectivity index (χ1n) is 6.11. The summed E-state index contributed by atoms with van der Waals surface area (Å²) >= 11 is 0. The van der Waals surface area contributed by atoms with E-state index in [9.17, 15) is 8.42 Å². The maximum atomic E-state index is 10.9. The van der Waals surface area contributed by atoms with Crippen molar-refractivity contribution in [2.24, 2.45) is 5.92 Å². The maximum Gasteiger partial charge on any atom is 0.294 e. The lowest BCUT2D eigenvalue weighted by Gasteiger charge is -2.35. The van der Waals surface area contributed by atoms with E-state index in [1.807, 2.05) is 13.8 Å². The third-order valence-electron chi connectivity index (χ3n) is 3.08. The van der Waals surface area contributed by atoms with E-state index in [0.29, 0.717) is 13.2 Å². The van der Waals surface area contributed by atoms with Crippen molar-refractivity contribution in [1.82, 2.24) is 0 Å². The summed E-state index contributed by atoms with van der Waals surface area (Å²) in [5, 5.41) is 0. The van der Waals surface area contributed by atoms with E-state index in [0.717, 1.165) is 12.0 Å². The van der Waals surface area contributed by atoms with Gasteiger partial charge in [0.25, 0.3) is 10.1 Å². The highest BCUT2D eigenvalue weighted by atomic mass is 32.2. The fraction of sp³-hybridized carbons (Fsp3) is 0.538. The number of hydrogen-bond donors (Lipinski definition) is 1. The molecule has 19 heavy (non-hydrogen) atoms. The van der Waals surface area contributed by atoms with Gasteiger partial charge in [-0.05, 0) is 38.0 Å². The summed E-state index contributed by atoms with van der Waals surface area (Å²) in [4.78, 5) is -0.0893. The summed E-state index contributed by atoms with van der Waals surface area (Å²) in [6.07, 6.45) is 0.752. The molecular weight excluding hydrogens is 268 g/mol. The Morgan fingerprint density at radius 1 is 1.21 bits per heavy atom.